The van der Waals surface area contributed by atoms with E-state index in [1.54, 1.807) is 11.8 Å². The van der Waals surface area contributed by atoms with Gasteiger partial charge in [0.15, 0.2) is 5.84 Å². The van der Waals surface area contributed by atoms with Crippen LogP contribution in [0.3, 0.4) is 0 Å². The van der Waals surface area contributed by atoms with Crippen molar-refractivity contribution in [2.75, 3.05) is 19.7 Å². The van der Waals surface area contributed by atoms with Crippen molar-refractivity contribution in [1.82, 2.24) is 4.90 Å². The van der Waals surface area contributed by atoms with Crippen molar-refractivity contribution in [3.63, 3.8) is 0 Å². The molecule has 1 atom stereocenters. The number of rotatable bonds is 2. The number of ether oxygens (including phenoxy) is 1. The van der Waals surface area contributed by atoms with Crippen molar-refractivity contribution in [3.05, 3.63) is 0 Å². The van der Waals surface area contributed by atoms with Gasteiger partial charge in [0.2, 0.25) is 5.91 Å². The highest BCUT2D eigenvalue weighted by molar-refractivity contribution is 5.85. The van der Waals surface area contributed by atoms with E-state index in [1.807, 2.05) is 0 Å². The van der Waals surface area contributed by atoms with Gasteiger partial charge in [0, 0.05) is 13.0 Å². The minimum absolute atomic E-state index is 0.0126. The number of amides is 1. The van der Waals surface area contributed by atoms with Crippen molar-refractivity contribution in [1.29, 1.82) is 0 Å². The zero-order valence-corrected chi connectivity index (χ0v) is 8.14. The molecule has 14 heavy (non-hydrogen) atoms. The van der Waals surface area contributed by atoms with E-state index in [0.29, 0.717) is 26.1 Å². The number of nitrogens with zero attached hydrogens (tertiary/aromatic N) is 2. The topological polar surface area (TPSA) is 88.2 Å². The molecular weight excluding hydrogens is 186 g/mol. The van der Waals surface area contributed by atoms with Crippen molar-refractivity contribution in [3.8, 4) is 0 Å². The maximum atomic E-state index is 11.4. The Hall–Kier alpha value is -1.30. The van der Waals surface area contributed by atoms with Gasteiger partial charge in [-0.2, -0.15) is 0 Å². The molecule has 1 unspecified atom stereocenters. The summed E-state index contributed by atoms with van der Waals surface area (Å²) in [6.07, 6.45) is -0.0210. The lowest BCUT2D eigenvalue weighted by Gasteiger charge is -2.31. The van der Waals surface area contributed by atoms with Crippen LogP contribution >= 0.6 is 0 Å². The van der Waals surface area contributed by atoms with E-state index in [4.69, 9.17) is 15.7 Å². The molecule has 0 aromatic carbocycles. The predicted molar refractivity (Wildman–Crippen MR) is 50.0 cm³/mol. The fourth-order valence-corrected chi connectivity index (χ4v) is 1.34. The average Bonchev–Trinajstić information content (AvgIpc) is 2.27. The van der Waals surface area contributed by atoms with Gasteiger partial charge < -0.3 is 20.6 Å². The van der Waals surface area contributed by atoms with Crippen molar-refractivity contribution < 1.29 is 14.7 Å². The normalized spacial score (nSPS) is 23.6. The van der Waals surface area contributed by atoms with Gasteiger partial charge >= 0.3 is 0 Å². The Morgan fingerprint density at radius 2 is 2.50 bits per heavy atom. The second-order valence-corrected chi connectivity index (χ2v) is 3.08. The quantitative estimate of drug-likeness (QED) is 0.269. The Balaban J connectivity index is 2.56. The molecule has 0 aliphatic carbocycles. The van der Waals surface area contributed by atoms with Gasteiger partial charge in [-0.25, -0.2) is 0 Å². The Bertz CT molecular complexity index is 242. The molecule has 1 fully saturated rings. The smallest absolute Gasteiger partial charge is 0.222 e. The summed E-state index contributed by atoms with van der Waals surface area (Å²) < 4.78 is 5.25. The lowest BCUT2D eigenvalue weighted by molar-refractivity contribution is -0.136. The van der Waals surface area contributed by atoms with Gasteiger partial charge in [-0.1, -0.05) is 12.1 Å². The van der Waals surface area contributed by atoms with Crippen LogP contribution in [0.2, 0.25) is 0 Å². The second-order valence-electron chi connectivity index (χ2n) is 3.08. The van der Waals surface area contributed by atoms with E-state index in [0.717, 1.165) is 0 Å². The highest BCUT2D eigenvalue weighted by Crippen LogP contribution is 2.06. The van der Waals surface area contributed by atoms with Gasteiger partial charge in [-0.3, -0.25) is 4.79 Å². The zero-order valence-electron chi connectivity index (χ0n) is 8.14. The Morgan fingerprint density at radius 1 is 1.79 bits per heavy atom. The summed E-state index contributed by atoms with van der Waals surface area (Å²) in [5, 5.41) is 11.3. The van der Waals surface area contributed by atoms with E-state index in [9.17, 15) is 4.79 Å². The third kappa shape index (κ3) is 2.35. The van der Waals surface area contributed by atoms with Gasteiger partial charge in [0.25, 0.3) is 0 Å². The number of morpholine rings is 1. The molecule has 0 spiro atoms. The van der Waals surface area contributed by atoms with Crippen molar-refractivity contribution in [2.24, 2.45) is 10.9 Å². The number of oxime groups is 1. The molecule has 80 valence electrons. The van der Waals surface area contributed by atoms with Crippen LogP contribution in [0.25, 0.3) is 0 Å². The molecule has 0 saturated carbocycles. The van der Waals surface area contributed by atoms with Crippen LogP contribution in [0.5, 0.6) is 0 Å². The number of amidine groups is 1. The number of hydrogen-bond acceptors (Lipinski definition) is 4. The third-order valence-electron chi connectivity index (χ3n) is 2.17. The van der Waals surface area contributed by atoms with Crippen LogP contribution in [0.1, 0.15) is 13.3 Å². The molecule has 0 aromatic heterocycles. The SMILES string of the molecule is CCC(=O)N1CCOC(C(N)=NO)C1. The summed E-state index contributed by atoms with van der Waals surface area (Å²) in [4.78, 5) is 13.0. The first-order chi connectivity index (χ1) is 6.69. The first-order valence-corrected chi connectivity index (χ1v) is 4.55. The van der Waals surface area contributed by atoms with E-state index in [2.05, 4.69) is 5.16 Å². The summed E-state index contributed by atoms with van der Waals surface area (Å²) in [6.45, 7) is 3.16. The van der Waals surface area contributed by atoms with Crippen LogP contribution in [0.15, 0.2) is 5.16 Å². The number of hydrogen-bond donors (Lipinski definition) is 2. The van der Waals surface area contributed by atoms with E-state index >= 15 is 0 Å². The highest BCUT2D eigenvalue weighted by Gasteiger charge is 2.25. The summed E-state index contributed by atoms with van der Waals surface area (Å²) in [5.74, 6) is 0.0719. The lowest BCUT2D eigenvalue weighted by Crippen LogP contribution is -2.50. The van der Waals surface area contributed by atoms with Gasteiger partial charge in [0.05, 0.1) is 13.2 Å². The van der Waals surface area contributed by atoms with E-state index in [-0.39, 0.29) is 11.7 Å². The fraction of sp³-hybridized carbons (Fsp3) is 0.750. The van der Waals surface area contributed by atoms with Crippen LogP contribution in [-0.2, 0) is 9.53 Å². The number of carbonyl (C=O) groups excluding carboxylic acids is 1. The standard InChI is InChI=1S/C8H15N3O3/c1-2-7(12)11-3-4-14-6(5-11)8(9)10-13/h6,13H,2-5H2,1H3,(H2,9,10). The van der Waals surface area contributed by atoms with Crippen LogP contribution in [0.4, 0.5) is 0 Å². The molecule has 1 aliphatic rings. The highest BCUT2D eigenvalue weighted by atomic mass is 16.5. The molecule has 1 aliphatic heterocycles. The molecular formula is C8H15N3O3. The molecule has 1 heterocycles. The van der Waals surface area contributed by atoms with Crippen molar-refractivity contribution >= 4 is 11.7 Å². The predicted octanol–water partition coefficient (Wildman–Crippen LogP) is -0.630. The van der Waals surface area contributed by atoms with Gasteiger partial charge in [-0.05, 0) is 0 Å². The fourth-order valence-electron chi connectivity index (χ4n) is 1.34. The average molecular weight is 201 g/mol. The minimum atomic E-state index is -0.482. The van der Waals surface area contributed by atoms with E-state index < -0.39 is 6.10 Å². The Morgan fingerprint density at radius 3 is 3.07 bits per heavy atom. The molecule has 1 rings (SSSR count). The molecule has 6 heteroatoms. The Labute approximate surface area is 82.3 Å². The zero-order chi connectivity index (χ0) is 10.6. The monoisotopic (exact) mass is 201 g/mol. The van der Waals surface area contributed by atoms with Crippen LogP contribution < -0.4 is 5.73 Å². The van der Waals surface area contributed by atoms with Gasteiger partial charge in [0.1, 0.15) is 6.10 Å². The first-order valence-electron chi connectivity index (χ1n) is 4.55. The second kappa shape index (κ2) is 4.80. The summed E-state index contributed by atoms with van der Waals surface area (Å²) in [7, 11) is 0. The molecule has 3 N–H and O–H groups in total. The maximum absolute atomic E-state index is 11.4. The molecule has 0 radical (unpaired) electrons. The molecule has 1 amide bonds. The first kappa shape index (κ1) is 10.8. The largest absolute Gasteiger partial charge is 0.409 e. The third-order valence-corrected chi connectivity index (χ3v) is 2.17. The summed E-state index contributed by atoms with van der Waals surface area (Å²) in [5.41, 5.74) is 5.39. The molecule has 0 aromatic rings. The Kier molecular flexibility index (Phi) is 3.70. The minimum Gasteiger partial charge on any atom is -0.409 e. The molecule has 0 bridgehead atoms. The van der Waals surface area contributed by atoms with Crippen molar-refractivity contribution in [2.45, 2.75) is 19.4 Å². The number of nitrogens with two attached hydrogens (primary N) is 1. The van der Waals surface area contributed by atoms with Gasteiger partial charge in [-0.15, -0.1) is 0 Å². The van der Waals surface area contributed by atoms with Crippen LogP contribution in [-0.4, -0.2) is 47.7 Å². The summed E-state index contributed by atoms with van der Waals surface area (Å²) in [6, 6.07) is 0. The maximum Gasteiger partial charge on any atom is 0.222 e. The lowest BCUT2D eigenvalue weighted by atomic mass is 10.2. The van der Waals surface area contributed by atoms with E-state index in [1.165, 1.54) is 0 Å². The summed E-state index contributed by atoms with van der Waals surface area (Å²) >= 11 is 0. The molecule has 1 saturated heterocycles. The van der Waals surface area contributed by atoms with Crippen LogP contribution in [0, 0.1) is 0 Å². The molecule has 6 nitrogen and oxygen atoms in total. The number of carbonyl (C=O) groups is 1.